The Kier molecular flexibility index (Phi) is 3.93. The van der Waals surface area contributed by atoms with Crippen molar-refractivity contribution in [3.05, 3.63) is 51.8 Å². The van der Waals surface area contributed by atoms with Crippen LogP contribution in [-0.4, -0.2) is 15.2 Å². The van der Waals surface area contributed by atoms with Crippen LogP contribution in [0.4, 0.5) is 6.01 Å². The summed E-state index contributed by atoms with van der Waals surface area (Å²) in [7, 11) is 0. The van der Waals surface area contributed by atoms with E-state index in [1.807, 2.05) is 18.2 Å². The van der Waals surface area contributed by atoms with Crippen molar-refractivity contribution in [1.29, 1.82) is 0 Å². The first kappa shape index (κ1) is 15.1. The van der Waals surface area contributed by atoms with Gasteiger partial charge in [-0.15, -0.1) is 16.4 Å². The number of ether oxygens (including phenoxy) is 1. The van der Waals surface area contributed by atoms with Crippen LogP contribution in [0, 0.1) is 0 Å². The van der Waals surface area contributed by atoms with Crippen LogP contribution in [0.25, 0.3) is 0 Å². The third kappa shape index (κ3) is 2.99. The summed E-state index contributed by atoms with van der Waals surface area (Å²) in [4.78, 5) is 4.58. The molecule has 1 aliphatic heterocycles. The number of para-hydroxylation sites is 1. The smallest absolute Gasteiger partial charge is 0.315 e. The van der Waals surface area contributed by atoms with Crippen molar-refractivity contribution in [3.63, 3.8) is 0 Å². The standard InChI is InChI=1S/C17H18N4O2S/c1-10(2)16-19-12(9-24-16)8-18-17-21-20-15(23-17)14-7-11-5-3-4-6-13(11)22-14/h3-6,9-10,14H,7-8H2,1-2H3,(H,18,21)/t14-/m0/s1. The van der Waals surface area contributed by atoms with E-state index in [1.165, 1.54) is 5.56 Å². The molecule has 24 heavy (non-hydrogen) atoms. The first-order valence-electron chi connectivity index (χ1n) is 7.95. The molecule has 0 spiro atoms. The molecule has 3 aromatic rings. The van der Waals surface area contributed by atoms with Crippen LogP contribution in [-0.2, 0) is 13.0 Å². The summed E-state index contributed by atoms with van der Waals surface area (Å²) in [6, 6.07) is 8.37. The van der Waals surface area contributed by atoms with E-state index in [0.29, 0.717) is 24.4 Å². The lowest BCUT2D eigenvalue weighted by molar-refractivity contribution is 0.199. The van der Waals surface area contributed by atoms with E-state index in [9.17, 15) is 0 Å². The van der Waals surface area contributed by atoms with Gasteiger partial charge in [-0.1, -0.05) is 37.1 Å². The van der Waals surface area contributed by atoms with E-state index in [2.05, 4.69) is 45.8 Å². The molecule has 0 saturated heterocycles. The number of benzene rings is 1. The average molecular weight is 342 g/mol. The van der Waals surface area contributed by atoms with Gasteiger partial charge in [-0.05, 0) is 11.6 Å². The molecule has 1 atom stereocenters. The number of fused-ring (bicyclic) bond motifs is 1. The number of anilines is 1. The van der Waals surface area contributed by atoms with Crippen molar-refractivity contribution in [3.8, 4) is 5.75 Å². The lowest BCUT2D eigenvalue weighted by Crippen LogP contribution is -2.03. The van der Waals surface area contributed by atoms with Gasteiger partial charge in [0.15, 0.2) is 6.10 Å². The van der Waals surface area contributed by atoms with Crippen LogP contribution in [0.1, 0.15) is 48.0 Å². The fourth-order valence-electron chi connectivity index (χ4n) is 2.59. The Morgan fingerprint density at radius 3 is 2.96 bits per heavy atom. The summed E-state index contributed by atoms with van der Waals surface area (Å²) < 4.78 is 11.6. The zero-order valence-electron chi connectivity index (χ0n) is 13.5. The Morgan fingerprint density at radius 2 is 2.17 bits per heavy atom. The maximum absolute atomic E-state index is 5.86. The summed E-state index contributed by atoms with van der Waals surface area (Å²) in [5.74, 6) is 1.83. The molecule has 0 radical (unpaired) electrons. The van der Waals surface area contributed by atoms with Crippen molar-refractivity contribution in [2.24, 2.45) is 0 Å². The van der Waals surface area contributed by atoms with Crippen molar-refractivity contribution in [2.45, 2.75) is 38.8 Å². The molecule has 7 heteroatoms. The molecule has 2 aromatic heterocycles. The zero-order valence-corrected chi connectivity index (χ0v) is 14.3. The zero-order chi connectivity index (χ0) is 16.5. The van der Waals surface area contributed by atoms with Gasteiger partial charge in [0.2, 0.25) is 0 Å². The number of aromatic nitrogens is 3. The maximum atomic E-state index is 5.86. The molecule has 1 aromatic carbocycles. The highest BCUT2D eigenvalue weighted by atomic mass is 32.1. The molecule has 1 aliphatic rings. The molecule has 124 valence electrons. The molecule has 0 aliphatic carbocycles. The predicted molar refractivity (Wildman–Crippen MR) is 91.3 cm³/mol. The first-order valence-corrected chi connectivity index (χ1v) is 8.83. The minimum absolute atomic E-state index is 0.211. The highest BCUT2D eigenvalue weighted by Crippen LogP contribution is 2.36. The van der Waals surface area contributed by atoms with E-state index >= 15 is 0 Å². The fraction of sp³-hybridized carbons (Fsp3) is 0.353. The van der Waals surface area contributed by atoms with Crippen molar-refractivity contribution in [1.82, 2.24) is 15.2 Å². The number of hydrogen-bond acceptors (Lipinski definition) is 7. The molecule has 0 bridgehead atoms. The molecule has 0 saturated carbocycles. The minimum atomic E-state index is -0.211. The monoisotopic (exact) mass is 342 g/mol. The molecule has 1 N–H and O–H groups in total. The summed E-state index contributed by atoms with van der Waals surface area (Å²) in [5.41, 5.74) is 2.15. The van der Waals surface area contributed by atoms with E-state index in [-0.39, 0.29) is 6.10 Å². The largest absolute Gasteiger partial charge is 0.480 e. The maximum Gasteiger partial charge on any atom is 0.315 e. The average Bonchev–Trinajstić information content (AvgIpc) is 3.30. The number of thiazole rings is 1. The predicted octanol–water partition coefficient (Wildman–Crippen LogP) is 3.94. The van der Waals surface area contributed by atoms with Gasteiger partial charge >= 0.3 is 6.01 Å². The van der Waals surface area contributed by atoms with E-state index < -0.39 is 0 Å². The van der Waals surface area contributed by atoms with Gasteiger partial charge in [0.25, 0.3) is 5.89 Å². The quantitative estimate of drug-likeness (QED) is 0.757. The van der Waals surface area contributed by atoms with Gasteiger partial charge < -0.3 is 14.5 Å². The Bertz CT molecular complexity index is 817. The minimum Gasteiger partial charge on any atom is -0.480 e. The Morgan fingerprint density at radius 1 is 1.29 bits per heavy atom. The lowest BCUT2D eigenvalue weighted by Gasteiger charge is -2.04. The summed E-state index contributed by atoms with van der Waals surface area (Å²) in [5, 5.41) is 14.5. The third-order valence-electron chi connectivity index (χ3n) is 3.85. The molecule has 0 fully saturated rings. The van der Waals surface area contributed by atoms with Gasteiger partial charge in [-0.2, -0.15) is 0 Å². The summed E-state index contributed by atoms with van der Waals surface area (Å²) in [6.45, 7) is 4.84. The van der Waals surface area contributed by atoms with Crippen molar-refractivity contribution in [2.75, 3.05) is 5.32 Å². The van der Waals surface area contributed by atoms with E-state index in [4.69, 9.17) is 9.15 Å². The van der Waals surface area contributed by atoms with Gasteiger partial charge in [0.1, 0.15) is 5.75 Å². The third-order valence-corrected chi connectivity index (χ3v) is 5.04. The Balaban J connectivity index is 1.39. The van der Waals surface area contributed by atoms with Crippen molar-refractivity contribution >= 4 is 17.4 Å². The highest BCUT2D eigenvalue weighted by molar-refractivity contribution is 7.09. The molecule has 6 nitrogen and oxygen atoms in total. The number of rotatable bonds is 5. The van der Waals surface area contributed by atoms with Crippen LogP contribution in [0.15, 0.2) is 34.1 Å². The molecule has 0 amide bonds. The van der Waals surface area contributed by atoms with Gasteiger partial charge in [0, 0.05) is 17.7 Å². The van der Waals surface area contributed by atoms with E-state index in [0.717, 1.165) is 22.9 Å². The number of hydrogen-bond donors (Lipinski definition) is 1. The summed E-state index contributed by atoms with van der Waals surface area (Å²) in [6.07, 6.45) is 0.541. The molecule has 4 rings (SSSR count). The van der Waals surface area contributed by atoms with Crippen molar-refractivity contribution < 1.29 is 9.15 Å². The molecular formula is C17H18N4O2S. The van der Waals surface area contributed by atoms with Gasteiger partial charge in [-0.25, -0.2) is 4.98 Å². The second-order valence-electron chi connectivity index (χ2n) is 6.05. The molecule has 0 unspecified atom stereocenters. The van der Waals surface area contributed by atoms with E-state index in [1.54, 1.807) is 11.3 Å². The van der Waals surface area contributed by atoms with Gasteiger partial charge in [-0.3, -0.25) is 0 Å². The number of nitrogens with one attached hydrogen (secondary N) is 1. The second-order valence-corrected chi connectivity index (χ2v) is 6.94. The first-order chi connectivity index (χ1) is 11.7. The van der Waals surface area contributed by atoms with Crippen LogP contribution >= 0.6 is 11.3 Å². The highest BCUT2D eigenvalue weighted by Gasteiger charge is 2.28. The van der Waals surface area contributed by atoms with Crippen LogP contribution in [0.5, 0.6) is 5.75 Å². The van der Waals surface area contributed by atoms with Crippen LogP contribution < -0.4 is 10.1 Å². The fourth-order valence-corrected chi connectivity index (χ4v) is 3.43. The Hall–Kier alpha value is -2.41. The topological polar surface area (TPSA) is 73.1 Å². The number of nitrogens with zero attached hydrogens (tertiary/aromatic N) is 3. The molecular weight excluding hydrogens is 324 g/mol. The Labute approximate surface area is 143 Å². The van der Waals surface area contributed by atoms with Gasteiger partial charge in [0.05, 0.1) is 17.2 Å². The molecule has 3 heterocycles. The van der Waals surface area contributed by atoms with Crippen LogP contribution in [0.3, 0.4) is 0 Å². The van der Waals surface area contributed by atoms with Crippen LogP contribution in [0.2, 0.25) is 0 Å². The lowest BCUT2D eigenvalue weighted by atomic mass is 10.1. The summed E-state index contributed by atoms with van der Waals surface area (Å²) >= 11 is 1.67. The second kappa shape index (κ2) is 6.24. The normalized spacial score (nSPS) is 16.2. The SMILES string of the molecule is CC(C)c1nc(CNc2nnc([C@@H]3Cc4ccccc4O3)o2)cs1.